The van der Waals surface area contributed by atoms with E-state index < -0.39 is 7.82 Å². The van der Waals surface area contributed by atoms with E-state index in [1.54, 1.807) is 0 Å². The molecule has 0 unspecified atom stereocenters. The molecule has 0 spiro atoms. The summed E-state index contributed by atoms with van der Waals surface area (Å²) in [5.41, 5.74) is 0. The van der Waals surface area contributed by atoms with Crippen molar-refractivity contribution in [3.05, 3.63) is 0 Å². The SMILES string of the molecule is CCC(CC)OP(=O)(OC(C)C)OC(CC)CC. The van der Waals surface area contributed by atoms with Gasteiger partial charge in [0.1, 0.15) is 0 Å². The number of phosphoric acid groups is 1. The van der Waals surface area contributed by atoms with Gasteiger partial charge in [-0.15, -0.1) is 0 Å². The van der Waals surface area contributed by atoms with Crippen LogP contribution >= 0.6 is 7.82 Å². The van der Waals surface area contributed by atoms with Gasteiger partial charge in [-0.3, -0.25) is 13.6 Å². The van der Waals surface area contributed by atoms with Crippen LogP contribution in [0.3, 0.4) is 0 Å². The molecule has 4 nitrogen and oxygen atoms in total. The molecule has 0 bridgehead atoms. The lowest BCUT2D eigenvalue weighted by atomic mass is 10.2. The normalized spacial score (nSPS) is 12.9. The van der Waals surface area contributed by atoms with Gasteiger partial charge >= 0.3 is 7.82 Å². The third-order valence-corrected chi connectivity index (χ3v) is 4.51. The Morgan fingerprint density at radius 2 is 1.11 bits per heavy atom. The van der Waals surface area contributed by atoms with Crippen molar-refractivity contribution in [3.63, 3.8) is 0 Å². The zero-order chi connectivity index (χ0) is 14.2. The van der Waals surface area contributed by atoms with Gasteiger partial charge in [0.15, 0.2) is 0 Å². The Hall–Kier alpha value is 0.110. The van der Waals surface area contributed by atoms with E-state index in [4.69, 9.17) is 13.6 Å². The molecule has 0 saturated heterocycles. The first-order valence-corrected chi connectivity index (χ1v) is 8.51. The highest BCUT2D eigenvalue weighted by atomic mass is 31.2. The van der Waals surface area contributed by atoms with Crippen molar-refractivity contribution in [2.75, 3.05) is 0 Å². The lowest BCUT2D eigenvalue weighted by Gasteiger charge is -2.27. The van der Waals surface area contributed by atoms with Gasteiger partial charge in [0.25, 0.3) is 0 Å². The maximum absolute atomic E-state index is 12.6. The minimum atomic E-state index is -3.45. The highest BCUT2D eigenvalue weighted by Crippen LogP contribution is 2.53. The van der Waals surface area contributed by atoms with Crippen LogP contribution < -0.4 is 0 Å². The highest BCUT2D eigenvalue weighted by molar-refractivity contribution is 7.48. The van der Waals surface area contributed by atoms with E-state index in [1.807, 2.05) is 41.5 Å². The van der Waals surface area contributed by atoms with Gasteiger partial charge in [-0.25, -0.2) is 4.57 Å². The fourth-order valence-corrected chi connectivity index (χ4v) is 3.57. The van der Waals surface area contributed by atoms with Gasteiger partial charge in [0, 0.05) is 0 Å². The maximum atomic E-state index is 12.6. The summed E-state index contributed by atoms with van der Waals surface area (Å²) in [6.07, 6.45) is 2.86. The number of hydrogen-bond donors (Lipinski definition) is 0. The number of phosphoric ester groups is 1. The molecule has 0 aromatic heterocycles. The second-order valence-corrected chi connectivity index (χ2v) is 6.22. The Labute approximate surface area is 112 Å². The molecule has 110 valence electrons. The van der Waals surface area contributed by atoms with Crippen LogP contribution in [0.5, 0.6) is 0 Å². The average Bonchev–Trinajstić information content (AvgIpc) is 2.32. The van der Waals surface area contributed by atoms with Crippen LogP contribution in [0.4, 0.5) is 0 Å². The van der Waals surface area contributed by atoms with Gasteiger partial charge < -0.3 is 0 Å². The molecule has 0 atom stereocenters. The monoisotopic (exact) mass is 280 g/mol. The third kappa shape index (κ3) is 6.89. The molecule has 0 amide bonds. The van der Waals surface area contributed by atoms with Crippen LogP contribution in [-0.4, -0.2) is 18.3 Å². The summed E-state index contributed by atoms with van der Waals surface area (Å²) in [7, 11) is -3.45. The van der Waals surface area contributed by atoms with Crippen LogP contribution in [0, 0.1) is 0 Å². The smallest absolute Gasteiger partial charge is 0.284 e. The standard InChI is InChI=1S/C13H29O4P/c1-7-12(8-2)16-18(14,15-11(5)6)17-13(9-3)10-4/h11-13H,7-10H2,1-6H3. The van der Waals surface area contributed by atoms with Crippen molar-refractivity contribution < 1.29 is 18.1 Å². The van der Waals surface area contributed by atoms with Crippen LogP contribution in [0.15, 0.2) is 0 Å². The van der Waals surface area contributed by atoms with E-state index in [9.17, 15) is 4.57 Å². The van der Waals surface area contributed by atoms with Crippen molar-refractivity contribution >= 4 is 7.82 Å². The third-order valence-electron chi connectivity index (χ3n) is 2.72. The quantitative estimate of drug-likeness (QED) is 0.532. The Bertz CT molecular complexity index is 229. The van der Waals surface area contributed by atoms with Gasteiger partial charge in [-0.05, 0) is 39.5 Å². The molecule has 0 aliphatic carbocycles. The average molecular weight is 280 g/mol. The van der Waals surface area contributed by atoms with Gasteiger partial charge in [-0.2, -0.15) is 0 Å². The minimum absolute atomic E-state index is 0.0797. The predicted octanol–water partition coefficient (Wildman–Crippen LogP) is 4.93. The summed E-state index contributed by atoms with van der Waals surface area (Å²) in [4.78, 5) is 0. The lowest BCUT2D eigenvalue weighted by molar-refractivity contribution is 0.0343. The molecule has 5 heteroatoms. The van der Waals surface area contributed by atoms with E-state index in [0.29, 0.717) is 0 Å². The number of rotatable bonds is 10. The van der Waals surface area contributed by atoms with E-state index >= 15 is 0 Å². The molecular formula is C13H29O4P. The fraction of sp³-hybridized carbons (Fsp3) is 1.00. The molecule has 0 N–H and O–H groups in total. The minimum Gasteiger partial charge on any atom is -0.284 e. The summed E-state index contributed by atoms with van der Waals surface area (Å²) in [5.74, 6) is 0. The zero-order valence-corrected chi connectivity index (χ0v) is 13.5. The Kier molecular flexibility index (Phi) is 9.14. The topological polar surface area (TPSA) is 44.8 Å². The molecule has 0 aliphatic heterocycles. The molecule has 0 heterocycles. The molecule has 0 rings (SSSR count). The molecule has 0 aromatic carbocycles. The Balaban J connectivity index is 4.75. The molecule has 18 heavy (non-hydrogen) atoms. The van der Waals surface area contributed by atoms with Crippen molar-refractivity contribution in [3.8, 4) is 0 Å². The summed E-state index contributed by atoms with van der Waals surface area (Å²) < 4.78 is 29.2. The van der Waals surface area contributed by atoms with E-state index in [2.05, 4.69) is 0 Å². The molecule has 0 radical (unpaired) electrons. The first kappa shape index (κ1) is 18.1. The van der Waals surface area contributed by atoms with Gasteiger partial charge in [0.2, 0.25) is 0 Å². The number of hydrogen-bond acceptors (Lipinski definition) is 4. The van der Waals surface area contributed by atoms with E-state index in [0.717, 1.165) is 25.7 Å². The second kappa shape index (κ2) is 9.08. The largest absolute Gasteiger partial charge is 0.475 e. The fourth-order valence-electron chi connectivity index (χ4n) is 1.57. The molecular weight excluding hydrogens is 251 g/mol. The van der Waals surface area contributed by atoms with Gasteiger partial charge in [-0.1, -0.05) is 27.7 Å². The lowest BCUT2D eigenvalue weighted by Crippen LogP contribution is -2.18. The van der Waals surface area contributed by atoms with Crippen LogP contribution in [0.25, 0.3) is 0 Å². The van der Waals surface area contributed by atoms with E-state index in [1.165, 1.54) is 0 Å². The zero-order valence-electron chi connectivity index (χ0n) is 12.6. The van der Waals surface area contributed by atoms with Gasteiger partial charge in [0.05, 0.1) is 18.3 Å². The predicted molar refractivity (Wildman–Crippen MR) is 74.7 cm³/mol. The van der Waals surface area contributed by atoms with Crippen LogP contribution in [-0.2, 0) is 18.1 Å². The van der Waals surface area contributed by atoms with Crippen molar-refractivity contribution in [2.45, 2.75) is 85.5 Å². The summed E-state index contributed by atoms with van der Waals surface area (Å²) >= 11 is 0. The molecule has 0 saturated carbocycles. The molecule has 0 fully saturated rings. The van der Waals surface area contributed by atoms with Crippen LogP contribution in [0.2, 0.25) is 0 Å². The van der Waals surface area contributed by atoms with E-state index in [-0.39, 0.29) is 18.3 Å². The second-order valence-electron chi connectivity index (χ2n) is 4.69. The summed E-state index contributed by atoms with van der Waals surface area (Å²) in [5, 5.41) is 0. The Morgan fingerprint density at radius 1 is 0.778 bits per heavy atom. The van der Waals surface area contributed by atoms with Crippen molar-refractivity contribution in [1.82, 2.24) is 0 Å². The first-order chi connectivity index (χ1) is 8.40. The summed E-state index contributed by atoms with van der Waals surface area (Å²) in [6, 6.07) is 0. The Morgan fingerprint density at radius 3 is 1.33 bits per heavy atom. The summed E-state index contributed by atoms with van der Waals surface area (Å²) in [6.45, 7) is 11.7. The first-order valence-electron chi connectivity index (χ1n) is 7.05. The maximum Gasteiger partial charge on any atom is 0.475 e. The molecule has 0 aliphatic rings. The molecule has 0 aromatic rings. The highest BCUT2D eigenvalue weighted by Gasteiger charge is 2.33. The van der Waals surface area contributed by atoms with Crippen LogP contribution in [0.1, 0.15) is 67.2 Å². The van der Waals surface area contributed by atoms with Crippen molar-refractivity contribution in [1.29, 1.82) is 0 Å². The van der Waals surface area contributed by atoms with Crippen molar-refractivity contribution in [2.24, 2.45) is 0 Å².